The summed E-state index contributed by atoms with van der Waals surface area (Å²) >= 11 is 5.76. The lowest BCUT2D eigenvalue weighted by Gasteiger charge is -2.29. The Hall–Kier alpha value is -3.86. The SMILES string of the molecule is Cc1cn(-c2ccc3n(c2=O)CCN(CCOc2ccc4cc(Cl)c(C(F)(F)F)cc4n2)C3=O)cn1. The van der Waals surface area contributed by atoms with E-state index in [1.807, 2.05) is 6.92 Å². The molecule has 5 rings (SSSR count). The lowest BCUT2D eigenvalue weighted by molar-refractivity contribution is -0.137. The van der Waals surface area contributed by atoms with E-state index in [2.05, 4.69) is 9.97 Å². The van der Waals surface area contributed by atoms with E-state index in [1.54, 1.807) is 40.2 Å². The van der Waals surface area contributed by atoms with Crippen molar-refractivity contribution in [1.29, 1.82) is 0 Å². The first-order valence-corrected chi connectivity index (χ1v) is 11.3. The van der Waals surface area contributed by atoms with Crippen molar-refractivity contribution < 1.29 is 22.7 Å². The first-order chi connectivity index (χ1) is 17.1. The number of amides is 1. The molecule has 4 heterocycles. The largest absolute Gasteiger partial charge is 0.476 e. The molecule has 0 radical (unpaired) electrons. The van der Waals surface area contributed by atoms with Crippen molar-refractivity contribution in [3.8, 4) is 11.6 Å². The number of alkyl halides is 3. The molecular weight excluding hydrogens is 499 g/mol. The van der Waals surface area contributed by atoms with Crippen LogP contribution in [0.3, 0.4) is 0 Å². The number of halogens is 4. The predicted molar refractivity (Wildman–Crippen MR) is 126 cm³/mol. The summed E-state index contributed by atoms with van der Waals surface area (Å²) in [6.45, 7) is 2.72. The molecule has 0 fully saturated rings. The molecule has 1 aromatic carbocycles. The Morgan fingerprint density at radius 2 is 1.92 bits per heavy atom. The van der Waals surface area contributed by atoms with Crippen LogP contribution in [-0.2, 0) is 12.7 Å². The van der Waals surface area contributed by atoms with Gasteiger partial charge in [-0.3, -0.25) is 9.59 Å². The van der Waals surface area contributed by atoms with Crippen molar-refractivity contribution in [1.82, 2.24) is 24.0 Å². The maximum atomic E-state index is 13.2. The number of imidazole rings is 1. The molecule has 0 spiro atoms. The van der Waals surface area contributed by atoms with Gasteiger partial charge in [-0.05, 0) is 37.3 Å². The van der Waals surface area contributed by atoms with Crippen molar-refractivity contribution in [3.63, 3.8) is 0 Å². The van der Waals surface area contributed by atoms with Gasteiger partial charge in [0, 0.05) is 30.7 Å². The zero-order chi connectivity index (χ0) is 25.6. The van der Waals surface area contributed by atoms with E-state index in [9.17, 15) is 22.8 Å². The number of fused-ring (bicyclic) bond motifs is 2. The van der Waals surface area contributed by atoms with E-state index in [1.165, 1.54) is 16.7 Å². The van der Waals surface area contributed by atoms with Crippen LogP contribution in [0.5, 0.6) is 5.88 Å². The van der Waals surface area contributed by atoms with Gasteiger partial charge in [0.1, 0.15) is 18.0 Å². The van der Waals surface area contributed by atoms with Crippen molar-refractivity contribution in [3.05, 3.63) is 81.3 Å². The highest BCUT2D eigenvalue weighted by molar-refractivity contribution is 6.32. The van der Waals surface area contributed by atoms with Gasteiger partial charge < -0.3 is 18.8 Å². The number of aryl methyl sites for hydroxylation is 1. The van der Waals surface area contributed by atoms with Gasteiger partial charge in [-0.15, -0.1) is 0 Å². The van der Waals surface area contributed by atoms with Crippen LogP contribution in [0.15, 0.2) is 53.7 Å². The van der Waals surface area contributed by atoms with E-state index in [0.29, 0.717) is 24.2 Å². The normalized spacial score (nSPS) is 13.8. The maximum absolute atomic E-state index is 13.2. The average molecular weight is 518 g/mol. The van der Waals surface area contributed by atoms with Crippen molar-refractivity contribution in [2.45, 2.75) is 19.6 Å². The molecule has 0 N–H and O–H groups in total. The molecule has 0 saturated heterocycles. The second kappa shape index (κ2) is 8.98. The third-order valence-electron chi connectivity index (χ3n) is 5.91. The minimum atomic E-state index is -4.60. The van der Waals surface area contributed by atoms with Gasteiger partial charge in [0.05, 0.1) is 34.7 Å². The number of aromatic nitrogens is 4. The molecule has 1 aliphatic heterocycles. The van der Waals surface area contributed by atoms with Crippen molar-refractivity contribution in [2.75, 3.05) is 19.7 Å². The molecule has 0 unspecified atom stereocenters. The Kier molecular flexibility index (Phi) is 5.95. The number of nitrogens with zero attached hydrogens (tertiary/aromatic N) is 5. The number of benzene rings is 1. The smallest absolute Gasteiger partial charge is 0.417 e. The summed E-state index contributed by atoms with van der Waals surface area (Å²) < 4.78 is 48.1. The van der Waals surface area contributed by atoms with Gasteiger partial charge in [0.15, 0.2) is 0 Å². The van der Waals surface area contributed by atoms with Crippen LogP contribution in [0.1, 0.15) is 21.7 Å². The zero-order valence-electron chi connectivity index (χ0n) is 18.9. The molecule has 0 atom stereocenters. The molecular formula is C24H19ClF3N5O3. The van der Waals surface area contributed by atoms with Crippen LogP contribution < -0.4 is 10.3 Å². The lowest BCUT2D eigenvalue weighted by Crippen LogP contribution is -2.46. The van der Waals surface area contributed by atoms with Crippen LogP contribution in [0.25, 0.3) is 16.6 Å². The predicted octanol–water partition coefficient (Wildman–Crippen LogP) is 4.10. The summed E-state index contributed by atoms with van der Waals surface area (Å²) in [7, 11) is 0. The van der Waals surface area contributed by atoms with Crippen LogP contribution in [-0.4, -0.2) is 49.6 Å². The molecule has 8 nitrogen and oxygen atoms in total. The number of carbonyl (C=O) groups is 1. The fourth-order valence-electron chi connectivity index (χ4n) is 4.11. The minimum Gasteiger partial charge on any atom is -0.476 e. The molecule has 12 heteroatoms. The van der Waals surface area contributed by atoms with E-state index in [-0.39, 0.29) is 41.7 Å². The van der Waals surface area contributed by atoms with Gasteiger partial charge >= 0.3 is 6.18 Å². The average Bonchev–Trinajstić information content (AvgIpc) is 3.26. The number of pyridine rings is 2. The van der Waals surface area contributed by atoms with Crippen LogP contribution in [0, 0.1) is 6.92 Å². The van der Waals surface area contributed by atoms with Crippen molar-refractivity contribution in [2.24, 2.45) is 0 Å². The van der Waals surface area contributed by atoms with E-state index >= 15 is 0 Å². The van der Waals surface area contributed by atoms with Crippen LogP contribution in [0.2, 0.25) is 5.02 Å². The van der Waals surface area contributed by atoms with Gasteiger partial charge in [-0.1, -0.05) is 11.6 Å². The van der Waals surface area contributed by atoms with E-state index in [0.717, 1.165) is 11.8 Å². The van der Waals surface area contributed by atoms with Crippen molar-refractivity contribution >= 4 is 28.4 Å². The Labute approximate surface area is 207 Å². The van der Waals surface area contributed by atoms with Crippen LogP contribution in [0.4, 0.5) is 13.2 Å². The van der Waals surface area contributed by atoms with Gasteiger partial charge in [0.2, 0.25) is 5.88 Å². The third-order valence-corrected chi connectivity index (χ3v) is 6.23. The number of carbonyl (C=O) groups excluding carboxylic acids is 1. The fraction of sp³-hybridized carbons (Fsp3) is 0.250. The Bertz CT molecular complexity index is 1550. The summed E-state index contributed by atoms with van der Waals surface area (Å²) in [5.74, 6) is -0.189. The molecule has 0 aliphatic carbocycles. The highest BCUT2D eigenvalue weighted by atomic mass is 35.5. The van der Waals surface area contributed by atoms with E-state index < -0.39 is 16.8 Å². The Morgan fingerprint density at radius 1 is 1.11 bits per heavy atom. The topological polar surface area (TPSA) is 82.3 Å². The first kappa shape index (κ1) is 23.9. The van der Waals surface area contributed by atoms with Gasteiger partial charge in [-0.2, -0.15) is 13.2 Å². The van der Waals surface area contributed by atoms with Crippen LogP contribution >= 0.6 is 11.6 Å². The summed E-state index contributed by atoms with van der Waals surface area (Å²) in [5, 5.41) is 0.0413. The summed E-state index contributed by atoms with van der Waals surface area (Å²) in [6.07, 6.45) is -1.32. The number of hydrogen-bond donors (Lipinski definition) is 0. The monoisotopic (exact) mass is 517 g/mol. The van der Waals surface area contributed by atoms with Gasteiger partial charge in [0.25, 0.3) is 11.5 Å². The van der Waals surface area contributed by atoms with E-state index in [4.69, 9.17) is 16.3 Å². The summed E-state index contributed by atoms with van der Waals surface area (Å²) in [4.78, 5) is 35.7. The molecule has 4 aromatic rings. The fourth-order valence-corrected chi connectivity index (χ4v) is 4.38. The Balaban J connectivity index is 1.28. The molecule has 0 bridgehead atoms. The molecule has 0 saturated carbocycles. The standard InChI is InChI=1S/C24H19ClF3N5O3/c1-14-12-32(13-29-14)19-3-4-20-22(34)31(6-7-33(20)23(19)35)8-9-36-21-5-2-15-10-17(25)16(24(26,27)28)11-18(15)30-21/h2-5,10-13H,6-9H2,1H3. The summed E-state index contributed by atoms with van der Waals surface area (Å²) in [5.41, 5.74) is 0.280. The summed E-state index contributed by atoms with van der Waals surface area (Å²) in [6, 6.07) is 8.38. The molecule has 36 heavy (non-hydrogen) atoms. The molecule has 1 aliphatic rings. The lowest BCUT2D eigenvalue weighted by atomic mass is 10.1. The number of rotatable bonds is 5. The third kappa shape index (κ3) is 4.41. The second-order valence-electron chi connectivity index (χ2n) is 8.30. The minimum absolute atomic E-state index is 0.0700. The zero-order valence-corrected chi connectivity index (χ0v) is 19.7. The highest BCUT2D eigenvalue weighted by Gasteiger charge is 2.33. The molecule has 1 amide bonds. The molecule has 3 aromatic heterocycles. The Morgan fingerprint density at radius 3 is 2.64 bits per heavy atom. The van der Waals surface area contributed by atoms with Gasteiger partial charge in [-0.25, -0.2) is 9.97 Å². The maximum Gasteiger partial charge on any atom is 0.417 e. The first-order valence-electron chi connectivity index (χ1n) is 11.0. The quantitative estimate of drug-likeness (QED) is 0.398. The number of hydrogen-bond acceptors (Lipinski definition) is 5. The highest BCUT2D eigenvalue weighted by Crippen LogP contribution is 2.37. The number of ether oxygens (including phenoxy) is 1. The second-order valence-corrected chi connectivity index (χ2v) is 8.70. The molecule has 186 valence electrons.